The number of benzene rings is 2. The van der Waals surface area contributed by atoms with Crippen LogP contribution in [0.1, 0.15) is 44.9 Å². The predicted octanol–water partition coefficient (Wildman–Crippen LogP) is 3.61. The number of nitrogens with zero attached hydrogens (tertiary/aromatic N) is 2. The second-order valence-corrected chi connectivity index (χ2v) is 10.3. The SMILES string of the molecule is C#CCOc1c(C=c2sc3n(c2=O)C(c2ccc(OC(C)C)c(OC)c2)C(C(=O)OCC)=C(C)N=3)cccc1OC. The monoisotopic (exact) mass is 576 g/mol. The lowest BCUT2D eigenvalue weighted by molar-refractivity contribution is -0.139. The van der Waals surface area contributed by atoms with Crippen LogP contribution in [0.5, 0.6) is 23.0 Å². The summed E-state index contributed by atoms with van der Waals surface area (Å²) in [7, 11) is 3.07. The van der Waals surface area contributed by atoms with Crippen LogP contribution in [0.4, 0.5) is 0 Å². The van der Waals surface area contributed by atoms with Gasteiger partial charge in [-0.25, -0.2) is 9.79 Å². The first-order valence-corrected chi connectivity index (χ1v) is 13.8. The molecule has 1 aromatic heterocycles. The van der Waals surface area contributed by atoms with E-state index >= 15 is 0 Å². The third-order valence-corrected chi connectivity index (χ3v) is 7.18. The van der Waals surface area contributed by atoms with Crippen LogP contribution in [0.25, 0.3) is 6.08 Å². The van der Waals surface area contributed by atoms with E-state index in [9.17, 15) is 9.59 Å². The van der Waals surface area contributed by atoms with E-state index in [1.165, 1.54) is 23.0 Å². The minimum Gasteiger partial charge on any atom is -0.493 e. The Morgan fingerprint density at radius 2 is 1.93 bits per heavy atom. The Balaban J connectivity index is 1.96. The quantitative estimate of drug-likeness (QED) is 0.269. The lowest BCUT2D eigenvalue weighted by atomic mass is 9.95. The molecular weight excluding hydrogens is 544 g/mol. The van der Waals surface area contributed by atoms with E-state index in [1.807, 2.05) is 19.9 Å². The minimum atomic E-state index is -0.808. The molecule has 0 amide bonds. The van der Waals surface area contributed by atoms with Gasteiger partial charge in [-0.05, 0) is 57.5 Å². The van der Waals surface area contributed by atoms with Gasteiger partial charge >= 0.3 is 5.97 Å². The second kappa shape index (κ2) is 12.8. The van der Waals surface area contributed by atoms with Gasteiger partial charge in [0, 0.05) is 5.56 Å². The zero-order chi connectivity index (χ0) is 29.7. The third-order valence-electron chi connectivity index (χ3n) is 6.20. The van der Waals surface area contributed by atoms with Crippen molar-refractivity contribution >= 4 is 23.4 Å². The molecule has 0 N–H and O–H groups in total. The number of rotatable bonds is 10. The van der Waals surface area contributed by atoms with Gasteiger partial charge < -0.3 is 23.7 Å². The summed E-state index contributed by atoms with van der Waals surface area (Å²) in [6.45, 7) is 7.50. The van der Waals surface area contributed by atoms with Crippen molar-refractivity contribution in [1.82, 2.24) is 4.57 Å². The fraction of sp³-hybridized carbons (Fsp3) is 0.323. The van der Waals surface area contributed by atoms with Crippen LogP contribution in [0.3, 0.4) is 0 Å². The van der Waals surface area contributed by atoms with E-state index in [0.717, 1.165) is 0 Å². The number of hydrogen-bond donors (Lipinski definition) is 0. The van der Waals surface area contributed by atoms with Crippen molar-refractivity contribution in [2.24, 2.45) is 4.99 Å². The van der Waals surface area contributed by atoms with Gasteiger partial charge in [0.1, 0.15) is 6.61 Å². The molecular formula is C31H32N2O7S. The number of carbonyl (C=O) groups is 1. The number of hydrogen-bond acceptors (Lipinski definition) is 9. The fourth-order valence-corrected chi connectivity index (χ4v) is 5.57. The van der Waals surface area contributed by atoms with Crippen LogP contribution in [-0.2, 0) is 9.53 Å². The molecule has 0 spiro atoms. The van der Waals surface area contributed by atoms with Crippen molar-refractivity contribution in [3.8, 4) is 35.3 Å². The van der Waals surface area contributed by atoms with E-state index in [0.29, 0.717) is 49.2 Å². The first-order valence-electron chi connectivity index (χ1n) is 13.0. The number of ether oxygens (including phenoxy) is 5. The third kappa shape index (κ3) is 6.00. The summed E-state index contributed by atoms with van der Waals surface area (Å²) in [6.07, 6.45) is 7.04. The van der Waals surface area contributed by atoms with Crippen LogP contribution in [0, 0.1) is 12.3 Å². The predicted molar refractivity (Wildman–Crippen MR) is 156 cm³/mol. The van der Waals surface area contributed by atoms with E-state index in [4.69, 9.17) is 30.1 Å². The lowest BCUT2D eigenvalue weighted by Gasteiger charge is -2.25. The Morgan fingerprint density at radius 1 is 1.17 bits per heavy atom. The molecule has 2 heterocycles. The van der Waals surface area contributed by atoms with Crippen molar-refractivity contribution < 1.29 is 28.5 Å². The molecule has 0 bridgehead atoms. The Labute approximate surface area is 242 Å². The maximum Gasteiger partial charge on any atom is 0.338 e. The molecule has 0 fully saturated rings. The Hall–Kier alpha value is -4.49. The zero-order valence-electron chi connectivity index (χ0n) is 23.8. The average molecular weight is 577 g/mol. The number of allylic oxidation sites excluding steroid dienone is 1. The normalized spacial score (nSPS) is 14.7. The number of fused-ring (bicyclic) bond motifs is 1. The first-order chi connectivity index (χ1) is 19.7. The molecule has 1 atom stereocenters. The topological polar surface area (TPSA) is 97.6 Å². The number of carbonyl (C=O) groups excluding carboxylic acids is 1. The van der Waals surface area contributed by atoms with E-state index in [2.05, 4.69) is 10.9 Å². The largest absolute Gasteiger partial charge is 0.493 e. The van der Waals surface area contributed by atoms with Gasteiger partial charge in [-0.15, -0.1) is 6.42 Å². The van der Waals surface area contributed by atoms with Gasteiger partial charge in [0.05, 0.1) is 48.8 Å². The maximum absolute atomic E-state index is 14.0. The molecule has 41 heavy (non-hydrogen) atoms. The molecule has 0 radical (unpaired) electrons. The summed E-state index contributed by atoms with van der Waals surface area (Å²) in [5.41, 5.74) is 1.65. The molecule has 1 aliphatic rings. The van der Waals surface area contributed by atoms with Crippen LogP contribution >= 0.6 is 11.3 Å². The van der Waals surface area contributed by atoms with Crippen LogP contribution in [-0.4, -0.2) is 44.1 Å². The van der Waals surface area contributed by atoms with E-state index < -0.39 is 12.0 Å². The highest BCUT2D eigenvalue weighted by Gasteiger charge is 2.34. The van der Waals surface area contributed by atoms with Gasteiger partial charge in [-0.2, -0.15) is 0 Å². The zero-order valence-corrected chi connectivity index (χ0v) is 24.7. The van der Waals surface area contributed by atoms with Crippen molar-refractivity contribution in [1.29, 1.82) is 0 Å². The van der Waals surface area contributed by atoms with Gasteiger partial charge in [-0.1, -0.05) is 35.5 Å². The van der Waals surface area contributed by atoms with Crippen molar-refractivity contribution in [2.75, 3.05) is 27.4 Å². The number of thiazole rings is 1. The standard InChI is InChI=1S/C31H32N2O7S/c1-8-15-39-28-21(11-10-12-23(28)36-6)17-25-29(34)33-27(20-13-14-22(40-18(3)4)24(16-20)37-7)26(30(35)38-9-2)19(5)32-31(33)41-25/h1,10-14,16-18,27H,9,15H2,2-7H3. The Morgan fingerprint density at radius 3 is 2.59 bits per heavy atom. The maximum atomic E-state index is 14.0. The van der Waals surface area contributed by atoms with Gasteiger partial charge in [0.15, 0.2) is 27.8 Å². The molecule has 0 saturated heterocycles. The Bertz CT molecular complexity index is 1710. The van der Waals surface area contributed by atoms with Crippen molar-refractivity contribution in [2.45, 2.75) is 39.8 Å². The molecule has 0 aliphatic carbocycles. The van der Waals surface area contributed by atoms with Crippen LogP contribution in [0.15, 0.2) is 57.5 Å². The highest BCUT2D eigenvalue weighted by atomic mass is 32.1. The molecule has 0 saturated carbocycles. The molecule has 9 nitrogen and oxygen atoms in total. The van der Waals surface area contributed by atoms with E-state index in [1.54, 1.807) is 57.4 Å². The minimum absolute atomic E-state index is 0.0307. The number of methoxy groups -OCH3 is 2. The van der Waals surface area contributed by atoms with Gasteiger partial charge in [-0.3, -0.25) is 9.36 Å². The molecule has 1 unspecified atom stereocenters. The molecule has 3 aromatic rings. The molecule has 1 aliphatic heterocycles. The number of aromatic nitrogens is 1. The molecule has 4 rings (SSSR count). The number of terminal acetylenes is 1. The lowest BCUT2D eigenvalue weighted by Crippen LogP contribution is -2.40. The number of para-hydroxylation sites is 1. The summed E-state index contributed by atoms with van der Waals surface area (Å²) >= 11 is 1.20. The molecule has 214 valence electrons. The second-order valence-electron chi connectivity index (χ2n) is 9.25. The van der Waals surface area contributed by atoms with Crippen LogP contribution in [0.2, 0.25) is 0 Å². The fourth-order valence-electron chi connectivity index (χ4n) is 4.53. The molecule has 2 aromatic carbocycles. The summed E-state index contributed by atoms with van der Waals surface area (Å²) in [6, 6.07) is 9.89. The van der Waals surface area contributed by atoms with Crippen molar-refractivity contribution in [3.05, 3.63) is 78.5 Å². The first kappa shape index (κ1) is 29.5. The Kier molecular flexibility index (Phi) is 9.20. The summed E-state index contributed by atoms with van der Waals surface area (Å²) in [5, 5.41) is 0. The summed E-state index contributed by atoms with van der Waals surface area (Å²) in [4.78, 5) is 32.3. The molecule has 10 heteroatoms. The van der Waals surface area contributed by atoms with Crippen molar-refractivity contribution in [3.63, 3.8) is 0 Å². The van der Waals surface area contributed by atoms with Crippen LogP contribution < -0.4 is 33.8 Å². The smallest absolute Gasteiger partial charge is 0.338 e. The summed E-state index contributed by atoms with van der Waals surface area (Å²) < 4.78 is 30.0. The average Bonchev–Trinajstić information content (AvgIpc) is 3.25. The highest BCUT2D eigenvalue weighted by Crippen LogP contribution is 2.37. The van der Waals surface area contributed by atoms with E-state index in [-0.39, 0.29) is 30.5 Å². The summed E-state index contributed by atoms with van der Waals surface area (Å²) in [5.74, 6) is 3.83. The number of esters is 1. The van der Waals surface area contributed by atoms with Gasteiger partial charge in [0.2, 0.25) is 0 Å². The van der Waals surface area contributed by atoms with Gasteiger partial charge in [0.25, 0.3) is 5.56 Å². The highest BCUT2D eigenvalue weighted by molar-refractivity contribution is 7.07.